The van der Waals surface area contributed by atoms with Crippen molar-refractivity contribution in [2.75, 3.05) is 33.9 Å². The molecular formula is C33H34N4O9S. The molecule has 0 spiro atoms. The van der Waals surface area contributed by atoms with Gasteiger partial charge in [0.2, 0.25) is 10.0 Å². The van der Waals surface area contributed by atoms with Gasteiger partial charge in [-0.1, -0.05) is 17.3 Å². The van der Waals surface area contributed by atoms with E-state index in [0.29, 0.717) is 45.4 Å². The van der Waals surface area contributed by atoms with Crippen LogP contribution >= 0.6 is 0 Å². The summed E-state index contributed by atoms with van der Waals surface area (Å²) < 4.78 is 58.0. The molecule has 1 fully saturated rings. The molecule has 3 aliphatic rings. The Hall–Kier alpha value is -5.08. The summed E-state index contributed by atoms with van der Waals surface area (Å²) in [7, 11) is -1.11. The summed E-state index contributed by atoms with van der Waals surface area (Å²) >= 11 is 0. The van der Waals surface area contributed by atoms with Crippen LogP contribution in [0.15, 0.2) is 70.1 Å². The Morgan fingerprint density at radius 1 is 0.915 bits per heavy atom. The maximum Gasteiger partial charge on any atom is 0.258 e. The van der Waals surface area contributed by atoms with Crippen molar-refractivity contribution in [3.05, 3.63) is 83.0 Å². The van der Waals surface area contributed by atoms with Gasteiger partial charge in [0.15, 0.2) is 12.4 Å². The fourth-order valence-corrected chi connectivity index (χ4v) is 7.26. The Kier molecular flexibility index (Phi) is 8.80. The van der Waals surface area contributed by atoms with E-state index in [-0.39, 0.29) is 48.4 Å². The van der Waals surface area contributed by atoms with E-state index in [1.807, 2.05) is 0 Å². The van der Waals surface area contributed by atoms with E-state index in [1.165, 1.54) is 30.7 Å². The Labute approximate surface area is 271 Å². The van der Waals surface area contributed by atoms with Gasteiger partial charge in [-0.2, -0.15) is 4.31 Å². The molecule has 7 rings (SSSR count). The first-order valence-corrected chi connectivity index (χ1v) is 16.3. The number of ether oxygens (including phenoxy) is 4. The van der Waals surface area contributed by atoms with Gasteiger partial charge in [-0.05, 0) is 49.7 Å². The molecular weight excluding hydrogens is 628 g/mol. The summed E-state index contributed by atoms with van der Waals surface area (Å²) in [6, 6.07) is 15.7. The molecule has 246 valence electrons. The fourth-order valence-electron chi connectivity index (χ4n) is 5.53. The zero-order valence-corrected chi connectivity index (χ0v) is 27.1. The summed E-state index contributed by atoms with van der Waals surface area (Å²) in [6.07, 6.45) is -0.776. The third-order valence-corrected chi connectivity index (χ3v) is 10.0. The number of carbonyl (C=O) groups is 2. The van der Waals surface area contributed by atoms with Crippen molar-refractivity contribution in [2.24, 2.45) is 0 Å². The molecule has 1 aromatic heterocycles. The minimum atomic E-state index is -4.06. The predicted octanol–water partition coefficient (Wildman–Crippen LogP) is 3.23. The van der Waals surface area contributed by atoms with Crippen LogP contribution in [-0.2, 0) is 21.4 Å². The molecule has 2 N–H and O–H groups in total. The zero-order chi connectivity index (χ0) is 33.3. The van der Waals surface area contributed by atoms with Gasteiger partial charge in [-0.3, -0.25) is 9.59 Å². The van der Waals surface area contributed by atoms with Crippen LogP contribution in [0, 0.1) is 13.8 Å². The Morgan fingerprint density at radius 3 is 2.49 bits per heavy atom. The predicted molar refractivity (Wildman–Crippen MR) is 169 cm³/mol. The number of benzene rings is 3. The summed E-state index contributed by atoms with van der Waals surface area (Å²) in [5.74, 6) is 1.01. The normalized spacial score (nSPS) is 18.7. The van der Waals surface area contributed by atoms with Gasteiger partial charge in [-0.25, -0.2) is 8.42 Å². The van der Waals surface area contributed by atoms with Crippen LogP contribution in [0.3, 0.4) is 0 Å². The molecule has 4 bridgehead atoms. The minimum Gasteiger partial charge on any atom is -0.497 e. The van der Waals surface area contributed by atoms with Crippen molar-refractivity contribution in [1.29, 1.82) is 0 Å². The Balaban J connectivity index is 1.36. The van der Waals surface area contributed by atoms with E-state index in [1.54, 1.807) is 62.4 Å². The highest BCUT2D eigenvalue weighted by Gasteiger charge is 2.42. The van der Waals surface area contributed by atoms with E-state index >= 15 is 0 Å². The van der Waals surface area contributed by atoms with Gasteiger partial charge in [0.05, 0.1) is 37.4 Å². The number of fused-ring (bicyclic) bond motifs is 7. The van der Waals surface area contributed by atoms with E-state index in [4.69, 9.17) is 23.5 Å². The number of hydrogen-bond acceptors (Lipinski definition) is 10. The number of aromatic nitrogens is 1. The fraction of sp³-hybridized carbons (Fsp3) is 0.303. The van der Waals surface area contributed by atoms with Gasteiger partial charge < -0.3 is 34.1 Å². The monoisotopic (exact) mass is 662 g/mol. The number of hydrogen-bond donors (Lipinski definition) is 2. The highest BCUT2D eigenvalue weighted by Crippen LogP contribution is 2.32. The van der Waals surface area contributed by atoms with Crippen LogP contribution in [0.25, 0.3) is 11.3 Å². The highest BCUT2D eigenvalue weighted by atomic mass is 32.2. The lowest BCUT2D eigenvalue weighted by Crippen LogP contribution is -2.45. The minimum absolute atomic E-state index is 0.0506. The second kappa shape index (κ2) is 13.0. The first-order chi connectivity index (χ1) is 22.5. The topological polar surface area (TPSA) is 159 Å². The van der Waals surface area contributed by atoms with Crippen LogP contribution in [0.2, 0.25) is 0 Å². The molecule has 2 amide bonds. The maximum absolute atomic E-state index is 14.2. The zero-order valence-electron chi connectivity index (χ0n) is 26.2. The van der Waals surface area contributed by atoms with Gasteiger partial charge in [0, 0.05) is 48.0 Å². The number of aryl methyl sites for hydroxylation is 2. The van der Waals surface area contributed by atoms with E-state index in [9.17, 15) is 18.0 Å². The lowest BCUT2D eigenvalue weighted by atomic mass is 10.1. The molecule has 13 nitrogen and oxygen atoms in total. The van der Waals surface area contributed by atoms with Crippen molar-refractivity contribution in [1.82, 2.24) is 20.1 Å². The third-order valence-electron chi connectivity index (χ3n) is 8.04. The van der Waals surface area contributed by atoms with E-state index in [0.717, 1.165) is 0 Å². The summed E-state index contributed by atoms with van der Waals surface area (Å²) in [5.41, 5.74) is 2.68. The number of nitrogens with one attached hydrogen (secondary N) is 2. The third kappa shape index (κ3) is 6.74. The van der Waals surface area contributed by atoms with Crippen molar-refractivity contribution >= 4 is 21.8 Å². The average molecular weight is 663 g/mol. The largest absolute Gasteiger partial charge is 0.497 e. The first-order valence-electron chi connectivity index (χ1n) is 14.8. The smallest absolute Gasteiger partial charge is 0.258 e. The maximum atomic E-state index is 14.2. The number of sulfonamides is 1. The van der Waals surface area contributed by atoms with Crippen molar-refractivity contribution in [2.45, 2.75) is 37.4 Å². The van der Waals surface area contributed by atoms with Crippen LogP contribution in [0.5, 0.6) is 23.0 Å². The molecule has 1 saturated heterocycles. The van der Waals surface area contributed by atoms with Crippen LogP contribution in [-0.4, -0.2) is 75.8 Å². The lowest BCUT2D eigenvalue weighted by Gasteiger charge is -2.22. The first kappa shape index (κ1) is 31.9. The van der Waals surface area contributed by atoms with Gasteiger partial charge in [0.1, 0.15) is 29.1 Å². The summed E-state index contributed by atoms with van der Waals surface area (Å²) in [5, 5.41) is 9.66. The molecule has 47 heavy (non-hydrogen) atoms. The van der Waals surface area contributed by atoms with Crippen molar-refractivity contribution < 1.29 is 41.5 Å². The number of amides is 2. The van der Waals surface area contributed by atoms with Gasteiger partial charge in [-0.15, -0.1) is 0 Å². The molecule has 0 saturated carbocycles. The number of carbonyl (C=O) groups excluding carboxylic acids is 2. The SMILES string of the molecule is COc1cc2cc(c1)C(=O)N[C@H]1CN(S(=O)(=O)c3cc(-c4cc(C)no4)ccc3C)C[C@@H]1Oc1ccc(c(OC)c1)CNC(=O)CO2. The number of methoxy groups -OCH3 is 2. The molecule has 4 heterocycles. The molecule has 0 unspecified atom stereocenters. The van der Waals surface area contributed by atoms with Gasteiger partial charge >= 0.3 is 0 Å². The second-order valence-electron chi connectivity index (χ2n) is 11.3. The second-order valence-corrected chi connectivity index (χ2v) is 13.2. The highest BCUT2D eigenvalue weighted by molar-refractivity contribution is 7.89. The number of nitrogens with zero attached hydrogens (tertiary/aromatic N) is 2. The van der Waals surface area contributed by atoms with Gasteiger partial charge in [0.25, 0.3) is 11.8 Å². The van der Waals surface area contributed by atoms with E-state index < -0.39 is 28.1 Å². The Morgan fingerprint density at radius 2 is 1.74 bits per heavy atom. The Bertz CT molecular complexity index is 1940. The molecule has 3 aromatic carbocycles. The van der Waals surface area contributed by atoms with E-state index in [2.05, 4.69) is 15.8 Å². The van der Waals surface area contributed by atoms with Crippen molar-refractivity contribution in [3.8, 4) is 34.3 Å². The molecule has 0 radical (unpaired) electrons. The summed E-state index contributed by atoms with van der Waals surface area (Å²) in [6.45, 7) is 3.26. The summed E-state index contributed by atoms with van der Waals surface area (Å²) in [4.78, 5) is 26.3. The lowest BCUT2D eigenvalue weighted by molar-refractivity contribution is -0.123. The number of rotatable bonds is 5. The average Bonchev–Trinajstić information content (AvgIpc) is 3.68. The molecule has 2 atom stereocenters. The molecule has 3 aliphatic heterocycles. The molecule has 4 aromatic rings. The standard InChI is InChI=1S/C33H34N4O9S/c1-19-5-6-21(29-9-20(2)36-46-29)12-31(19)47(40,41)37-16-27-30(17-37)45-24-8-7-22(28(14-24)43-4)15-34-32(38)18-44-26-11-23(33(39)35-27)10-25(13-26)42-3/h5-14,27,30H,15-18H2,1-4H3,(H,34,38)(H,35,39)/t27-,30-/m0/s1. The van der Waals surface area contributed by atoms with Crippen molar-refractivity contribution in [3.63, 3.8) is 0 Å². The van der Waals surface area contributed by atoms with Crippen LogP contribution in [0.1, 0.15) is 27.2 Å². The molecule has 0 aliphatic carbocycles. The quantitative estimate of drug-likeness (QED) is 0.325. The molecule has 14 heteroatoms. The van der Waals surface area contributed by atoms with Crippen LogP contribution in [0.4, 0.5) is 0 Å². The van der Waals surface area contributed by atoms with Crippen LogP contribution < -0.4 is 29.6 Å².